The number of nitrogens with one attached hydrogen (secondary N) is 1. The molecule has 0 saturated carbocycles. The summed E-state index contributed by atoms with van der Waals surface area (Å²) in [5, 5.41) is 2.89. The summed E-state index contributed by atoms with van der Waals surface area (Å²) in [5.74, 6) is 1.38. The zero-order chi connectivity index (χ0) is 19.2. The zero-order valence-corrected chi connectivity index (χ0v) is 16.5. The van der Waals surface area contributed by atoms with E-state index in [0.29, 0.717) is 5.69 Å². The maximum Gasteiger partial charge on any atom is 0.275 e. The quantitative estimate of drug-likeness (QED) is 0.841. The maximum absolute atomic E-state index is 12.4. The van der Waals surface area contributed by atoms with Crippen molar-refractivity contribution >= 4 is 23.1 Å². The van der Waals surface area contributed by atoms with Crippen LogP contribution in [0.2, 0.25) is 0 Å². The molecule has 1 amide bonds. The minimum absolute atomic E-state index is 0.239. The second kappa shape index (κ2) is 8.84. The fourth-order valence-electron chi connectivity index (χ4n) is 3.38. The highest BCUT2D eigenvalue weighted by Gasteiger charge is 2.18. The first-order valence-electron chi connectivity index (χ1n) is 9.84. The monoisotopic (exact) mass is 367 g/mol. The average Bonchev–Trinajstić information content (AvgIpc) is 2.71. The molecule has 1 fully saturated rings. The van der Waals surface area contributed by atoms with Crippen LogP contribution in [0.3, 0.4) is 0 Å². The molecule has 2 heterocycles. The fraction of sp³-hybridized carbons (Fsp3) is 0.476. The summed E-state index contributed by atoms with van der Waals surface area (Å²) in [6.07, 6.45) is 5.61. The van der Waals surface area contributed by atoms with Gasteiger partial charge in [-0.3, -0.25) is 4.79 Å². The first-order valence-corrected chi connectivity index (χ1v) is 9.84. The van der Waals surface area contributed by atoms with Gasteiger partial charge in [-0.2, -0.15) is 0 Å². The largest absolute Gasteiger partial charge is 0.372 e. The molecule has 3 rings (SSSR count). The Balaban J connectivity index is 1.61. The van der Waals surface area contributed by atoms with Crippen LogP contribution >= 0.6 is 0 Å². The SMILES string of the molecule is CCN(CC)c1ccc(NC(=O)c2cnc(N3CCC(C)CC3)cn2)cc1. The smallest absolute Gasteiger partial charge is 0.275 e. The number of amides is 1. The van der Waals surface area contributed by atoms with Crippen LogP contribution in [0.4, 0.5) is 17.2 Å². The van der Waals surface area contributed by atoms with Crippen molar-refractivity contribution in [3.8, 4) is 0 Å². The van der Waals surface area contributed by atoms with Crippen LogP contribution in [0.5, 0.6) is 0 Å². The normalized spacial score (nSPS) is 14.9. The van der Waals surface area contributed by atoms with E-state index in [0.717, 1.165) is 49.3 Å². The van der Waals surface area contributed by atoms with Crippen LogP contribution in [0.1, 0.15) is 44.1 Å². The van der Waals surface area contributed by atoms with Gasteiger partial charge in [-0.1, -0.05) is 6.92 Å². The number of carbonyl (C=O) groups excluding carboxylic acids is 1. The average molecular weight is 367 g/mol. The summed E-state index contributed by atoms with van der Waals surface area (Å²) in [6, 6.07) is 7.88. The number of benzene rings is 1. The van der Waals surface area contributed by atoms with Crippen molar-refractivity contribution in [2.45, 2.75) is 33.6 Å². The molecule has 0 unspecified atom stereocenters. The van der Waals surface area contributed by atoms with E-state index in [2.05, 4.69) is 45.9 Å². The van der Waals surface area contributed by atoms with Crippen molar-refractivity contribution in [3.05, 3.63) is 42.4 Å². The van der Waals surface area contributed by atoms with Crippen LogP contribution in [-0.4, -0.2) is 42.1 Å². The van der Waals surface area contributed by atoms with E-state index in [1.807, 2.05) is 24.3 Å². The van der Waals surface area contributed by atoms with Crippen LogP contribution in [-0.2, 0) is 0 Å². The van der Waals surface area contributed by atoms with E-state index in [1.54, 1.807) is 12.4 Å². The van der Waals surface area contributed by atoms with Crippen molar-refractivity contribution in [2.24, 2.45) is 5.92 Å². The fourth-order valence-corrected chi connectivity index (χ4v) is 3.38. The highest BCUT2D eigenvalue weighted by atomic mass is 16.1. The number of hydrogen-bond acceptors (Lipinski definition) is 5. The molecule has 144 valence electrons. The van der Waals surface area contributed by atoms with E-state index < -0.39 is 0 Å². The Hall–Kier alpha value is -2.63. The van der Waals surface area contributed by atoms with Gasteiger partial charge in [0.2, 0.25) is 0 Å². The van der Waals surface area contributed by atoms with Gasteiger partial charge < -0.3 is 15.1 Å². The van der Waals surface area contributed by atoms with E-state index in [9.17, 15) is 4.79 Å². The van der Waals surface area contributed by atoms with E-state index in [4.69, 9.17) is 0 Å². The van der Waals surface area contributed by atoms with Gasteiger partial charge in [0.15, 0.2) is 0 Å². The Morgan fingerprint density at radius 3 is 2.33 bits per heavy atom. The summed E-state index contributed by atoms with van der Waals surface area (Å²) >= 11 is 0. The molecule has 27 heavy (non-hydrogen) atoms. The molecule has 1 aliphatic rings. The van der Waals surface area contributed by atoms with Crippen molar-refractivity contribution in [1.29, 1.82) is 0 Å². The highest BCUT2D eigenvalue weighted by Crippen LogP contribution is 2.21. The topological polar surface area (TPSA) is 61.4 Å². The molecular weight excluding hydrogens is 338 g/mol. The van der Waals surface area contributed by atoms with Gasteiger partial charge in [0.25, 0.3) is 5.91 Å². The number of rotatable bonds is 6. The first kappa shape index (κ1) is 19.1. The summed E-state index contributed by atoms with van der Waals surface area (Å²) in [4.78, 5) is 25.7. The molecule has 1 aromatic carbocycles. The molecule has 2 aromatic rings. The lowest BCUT2D eigenvalue weighted by Gasteiger charge is -2.30. The maximum atomic E-state index is 12.4. The van der Waals surface area contributed by atoms with Crippen molar-refractivity contribution in [2.75, 3.05) is 41.3 Å². The Morgan fingerprint density at radius 1 is 1.11 bits per heavy atom. The third-order valence-electron chi connectivity index (χ3n) is 5.23. The predicted molar refractivity (Wildman–Crippen MR) is 111 cm³/mol. The summed E-state index contributed by atoms with van der Waals surface area (Å²) < 4.78 is 0. The summed E-state index contributed by atoms with van der Waals surface area (Å²) in [5.41, 5.74) is 2.24. The number of anilines is 3. The van der Waals surface area contributed by atoms with Crippen molar-refractivity contribution < 1.29 is 4.79 Å². The third kappa shape index (κ3) is 4.76. The second-order valence-corrected chi connectivity index (χ2v) is 7.10. The van der Waals surface area contributed by atoms with Gasteiger partial charge in [-0.15, -0.1) is 0 Å². The lowest BCUT2D eigenvalue weighted by Crippen LogP contribution is -2.33. The molecule has 6 heteroatoms. The van der Waals surface area contributed by atoms with Crippen LogP contribution in [0, 0.1) is 5.92 Å². The molecule has 1 saturated heterocycles. The van der Waals surface area contributed by atoms with Gasteiger partial charge in [-0.25, -0.2) is 9.97 Å². The Morgan fingerprint density at radius 2 is 1.78 bits per heavy atom. The Bertz CT molecular complexity index is 732. The lowest BCUT2D eigenvalue weighted by atomic mass is 9.99. The molecule has 0 atom stereocenters. The predicted octanol–water partition coefficient (Wildman–Crippen LogP) is 3.81. The van der Waals surface area contributed by atoms with E-state index in [1.165, 1.54) is 12.8 Å². The number of aromatic nitrogens is 2. The number of hydrogen-bond donors (Lipinski definition) is 1. The van der Waals surface area contributed by atoms with Crippen LogP contribution in [0.25, 0.3) is 0 Å². The Labute approximate surface area is 161 Å². The van der Waals surface area contributed by atoms with Crippen molar-refractivity contribution in [3.63, 3.8) is 0 Å². The molecule has 1 N–H and O–H groups in total. The molecule has 0 radical (unpaired) electrons. The zero-order valence-electron chi connectivity index (χ0n) is 16.5. The van der Waals surface area contributed by atoms with Gasteiger partial charge in [-0.05, 0) is 56.9 Å². The first-order chi connectivity index (χ1) is 13.1. The minimum atomic E-state index is -0.239. The molecule has 6 nitrogen and oxygen atoms in total. The van der Waals surface area contributed by atoms with Gasteiger partial charge in [0.05, 0.1) is 12.4 Å². The number of nitrogens with zero attached hydrogens (tertiary/aromatic N) is 4. The second-order valence-electron chi connectivity index (χ2n) is 7.10. The van der Waals surface area contributed by atoms with E-state index >= 15 is 0 Å². The summed E-state index contributed by atoms with van der Waals surface area (Å²) in [7, 11) is 0. The molecule has 0 spiro atoms. The lowest BCUT2D eigenvalue weighted by molar-refractivity contribution is 0.102. The van der Waals surface area contributed by atoms with E-state index in [-0.39, 0.29) is 5.91 Å². The van der Waals surface area contributed by atoms with Crippen molar-refractivity contribution in [1.82, 2.24) is 9.97 Å². The van der Waals surface area contributed by atoms with Gasteiger partial charge in [0.1, 0.15) is 11.5 Å². The molecule has 0 aliphatic carbocycles. The van der Waals surface area contributed by atoms with Gasteiger partial charge in [0, 0.05) is 37.6 Å². The van der Waals surface area contributed by atoms with Gasteiger partial charge >= 0.3 is 0 Å². The third-order valence-corrected chi connectivity index (χ3v) is 5.23. The minimum Gasteiger partial charge on any atom is -0.372 e. The van der Waals surface area contributed by atoms with Crippen LogP contribution < -0.4 is 15.1 Å². The number of carbonyl (C=O) groups is 1. The molecule has 0 bridgehead atoms. The standard InChI is InChI=1S/C21H29N5O/c1-4-25(5-2)18-8-6-17(7-9-18)24-21(27)19-14-23-20(15-22-19)26-12-10-16(3)11-13-26/h6-9,14-16H,4-5,10-13H2,1-3H3,(H,24,27). The number of piperidine rings is 1. The molecule has 1 aliphatic heterocycles. The molecule has 1 aromatic heterocycles. The van der Waals surface area contributed by atoms with Crippen LogP contribution in [0.15, 0.2) is 36.7 Å². The Kier molecular flexibility index (Phi) is 6.27. The highest BCUT2D eigenvalue weighted by molar-refractivity contribution is 6.02. The molecular formula is C21H29N5O. The summed E-state index contributed by atoms with van der Waals surface area (Å²) in [6.45, 7) is 10.5.